The van der Waals surface area contributed by atoms with Crippen molar-refractivity contribution in [3.05, 3.63) is 35.9 Å². The lowest BCUT2D eigenvalue weighted by Gasteiger charge is -2.08. The Morgan fingerprint density at radius 2 is 2.00 bits per heavy atom. The van der Waals surface area contributed by atoms with E-state index in [9.17, 15) is 0 Å². The van der Waals surface area contributed by atoms with Crippen molar-refractivity contribution in [3.63, 3.8) is 0 Å². The first-order valence-electron chi connectivity index (χ1n) is 7.32. The zero-order chi connectivity index (χ0) is 13.7. The summed E-state index contributed by atoms with van der Waals surface area (Å²) in [5.41, 5.74) is 2.62. The van der Waals surface area contributed by atoms with Gasteiger partial charge in [0.05, 0.1) is 6.10 Å². The Labute approximate surface area is 116 Å². The van der Waals surface area contributed by atoms with E-state index in [1.807, 2.05) is 0 Å². The average Bonchev–Trinajstić information content (AvgIpc) is 3.19. The molecule has 0 aromatic heterocycles. The third-order valence-electron chi connectivity index (χ3n) is 3.28. The maximum Gasteiger partial charge on any atom is 0.119 e. The minimum atomic E-state index is 0.476. The van der Waals surface area contributed by atoms with Crippen LogP contribution >= 0.6 is 0 Å². The molecule has 1 aliphatic carbocycles. The molecule has 0 spiro atoms. The van der Waals surface area contributed by atoms with E-state index in [1.165, 1.54) is 24.0 Å². The fourth-order valence-electron chi connectivity index (χ4n) is 1.95. The maximum atomic E-state index is 5.76. The van der Waals surface area contributed by atoms with Crippen molar-refractivity contribution in [1.82, 2.24) is 5.32 Å². The number of ether oxygens (including phenoxy) is 1. The van der Waals surface area contributed by atoms with Crippen LogP contribution in [0.5, 0.6) is 5.75 Å². The van der Waals surface area contributed by atoms with Gasteiger partial charge in [-0.2, -0.15) is 0 Å². The van der Waals surface area contributed by atoms with Gasteiger partial charge in [0.15, 0.2) is 0 Å². The average molecular weight is 259 g/mol. The molecule has 0 amide bonds. The van der Waals surface area contributed by atoms with Crippen LogP contribution in [0.25, 0.3) is 5.57 Å². The van der Waals surface area contributed by atoms with Gasteiger partial charge < -0.3 is 10.1 Å². The fraction of sp³-hybridized carbons (Fsp3) is 0.529. The van der Waals surface area contributed by atoms with E-state index in [0.29, 0.717) is 12.1 Å². The molecule has 0 bridgehead atoms. The van der Waals surface area contributed by atoms with Crippen molar-refractivity contribution in [2.75, 3.05) is 6.54 Å². The van der Waals surface area contributed by atoms with Crippen LogP contribution in [0.4, 0.5) is 0 Å². The van der Waals surface area contributed by atoms with Crippen LogP contribution in [-0.2, 0) is 0 Å². The molecule has 2 rings (SSSR count). The Morgan fingerprint density at radius 1 is 1.32 bits per heavy atom. The van der Waals surface area contributed by atoms with E-state index in [4.69, 9.17) is 4.74 Å². The van der Waals surface area contributed by atoms with Crippen LogP contribution in [0.2, 0.25) is 0 Å². The van der Waals surface area contributed by atoms with E-state index in [2.05, 4.69) is 56.4 Å². The number of hydrogen-bond donors (Lipinski definition) is 1. The second-order valence-electron chi connectivity index (χ2n) is 5.63. The molecule has 0 aliphatic heterocycles. The second-order valence-corrected chi connectivity index (χ2v) is 5.63. The predicted octanol–water partition coefficient (Wildman–Crippen LogP) is 4.02. The molecule has 104 valence electrons. The largest absolute Gasteiger partial charge is 0.490 e. The molecule has 2 nitrogen and oxygen atoms in total. The number of hydrogen-bond acceptors (Lipinski definition) is 2. The Balaban J connectivity index is 1.83. The van der Waals surface area contributed by atoms with Gasteiger partial charge in [-0.15, -0.1) is 0 Å². The number of rotatable bonds is 7. The normalized spacial score (nSPS) is 15.9. The number of benzene rings is 1. The summed E-state index contributed by atoms with van der Waals surface area (Å²) in [7, 11) is 0. The highest BCUT2D eigenvalue weighted by atomic mass is 16.5. The summed E-state index contributed by atoms with van der Waals surface area (Å²) in [6, 6.07) is 9.03. The zero-order valence-electron chi connectivity index (χ0n) is 12.3. The van der Waals surface area contributed by atoms with Gasteiger partial charge in [0.1, 0.15) is 5.75 Å². The van der Waals surface area contributed by atoms with Crippen LogP contribution < -0.4 is 10.1 Å². The highest BCUT2D eigenvalue weighted by Gasteiger charge is 2.23. The molecule has 19 heavy (non-hydrogen) atoms. The molecular formula is C17H25NO. The molecule has 1 fully saturated rings. The monoisotopic (exact) mass is 259 g/mol. The van der Waals surface area contributed by atoms with Crippen LogP contribution in [0.3, 0.4) is 0 Å². The van der Waals surface area contributed by atoms with Crippen molar-refractivity contribution >= 4 is 5.57 Å². The number of allylic oxidation sites excluding steroid dienone is 1. The van der Waals surface area contributed by atoms with Gasteiger partial charge in [-0.1, -0.05) is 32.1 Å². The third kappa shape index (κ3) is 5.07. The van der Waals surface area contributed by atoms with Crippen molar-refractivity contribution in [3.8, 4) is 5.75 Å². The first-order chi connectivity index (χ1) is 9.15. The highest BCUT2D eigenvalue weighted by molar-refractivity contribution is 5.64. The van der Waals surface area contributed by atoms with Crippen molar-refractivity contribution in [2.24, 2.45) is 0 Å². The smallest absolute Gasteiger partial charge is 0.119 e. The molecule has 0 unspecified atom stereocenters. The SMILES string of the molecule is C/C(=C/CCNC(C)C)c1ccc(OC2CC2)cc1. The summed E-state index contributed by atoms with van der Waals surface area (Å²) in [6.45, 7) is 7.56. The molecule has 0 saturated heterocycles. The standard InChI is InChI=1S/C17H25NO/c1-13(2)18-12-4-5-14(3)15-6-8-16(9-7-15)19-17-10-11-17/h5-9,13,17-18H,4,10-12H2,1-3H3/b14-5-. The van der Waals surface area contributed by atoms with Crippen LogP contribution in [0.15, 0.2) is 30.3 Å². The number of nitrogens with one attached hydrogen (secondary N) is 1. The summed E-state index contributed by atoms with van der Waals surface area (Å²) in [4.78, 5) is 0. The Bertz CT molecular complexity index is 415. The first-order valence-corrected chi connectivity index (χ1v) is 7.32. The minimum Gasteiger partial charge on any atom is -0.490 e. The third-order valence-corrected chi connectivity index (χ3v) is 3.28. The second kappa shape index (κ2) is 6.76. The van der Waals surface area contributed by atoms with Gasteiger partial charge in [0.2, 0.25) is 0 Å². The molecule has 1 aromatic carbocycles. The molecule has 1 N–H and O–H groups in total. The Morgan fingerprint density at radius 3 is 2.58 bits per heavy atom. The Kier molecular flexibility index (Phi) is 5.03. The highest BCUT2D eigenvalue weighted by Crippen LogP contribution is 2.27. The van der Waals surface area contributed by atoms with Crippen LogP contribution in [0.1, 0.15) is 45.6 Å². The topological polar surface area (TPSA) is 21.3 Å². The van der Waals surface area contributed by atoms with Gasteiger partial charge in [-0.05, 0) is 56.0 Å². The predicted molar refractivity (Wildman–Crippen MR) is 81.5 cm³/mol. The van der Waals surface area contributed by atoms with E-state index < -0.39 is 0 Å². The van der Waals surface area contributed by atoms with Crippen molar-refractivity contribution in [2.45, 2.75) is 52.2 Å². The summed E-state index contributed by atoms with van der Waals surface area (Å²) in [5.74, 6) is 1.00. The van der Waals surface area contributed by atoms with Crippen molar-refractivity contribution < 1.29 is 4.74 Å². The van der Waals surface area contributed by atoms with E-state index in [1.54, 1.807) is 0 Å². The van der Waals surface area contributed by atoms with E-state index >= 15 is 0 Å². The van der Waals surface area contributed by atoms with Gasteiger partial charge in [-0.25, -0.2) is 0 Å². The molecular weight excluding hydrogens is 234 g/mol. The van der Waals surface area contributed by atoms with Gasteiger partial charge >= 0.3 is 0 Å². The Hall–Kier alpha value is -1.28. The lowest BCUT2D eigenvalue weighted by atomic mass is 10.1. The molecule has 2 heteroatoms. The van der Waals surface area contributed by atoms with Gasteiger partial charge in [-0.3, -0.25) is 0 Å². The summed E-state index contributed by atoms with van der Waals surface area (Å²) >= 11 is 0. The fourth-order valence-corrected chi connectivity index (χ4v) is 1.95. The lowest BCUT2D eigenvalue weighted by Crippen LogP contribution is -2.23. The quantitative estimate of drug-likeness (QED) is 0.747. The molecule has 0 radical (unpaired) electrons. The minimum absolute atomic E-state index is 0.476. The maximum absolute atomic E-state index is 5.76. The molecule has 1 saturated carbocycles. The van der Waals surface area contributed by atoms with Gasteiger partial charge in [0, 0.05) is 6.04 Å². The summed E-state index contributed by atoms with van der Waals surface area (Å²) in [6.07, 6.45) is 6.27. The zero-order valence-corrected chi connectivity index (χ0v) is 12.3. The molecule has 0 heterocycles. The molecule has 1 aromatic rings. The molecule has 0 atom stereocenters. The van der Waals surface area contributed by atoms with Crippen LogP contribution in [0, 0.1) is 0 Å². The van der Waals surface area contributed by atoms with Gasteiger partial charge in [0.25, 0.3) is 0 Å². The summed E-state index contributed by atoms with van der Waals surface area (Å²) in [5, 5.41) is 3.43. The first kappa shape index (κ1) is 14.1. The van der Waals surface area contributed by atoms with Crippen molar-refractivity contribution in [1.29, 1.82) is 0 Å². The van der Waals surface area contributed by atoms with Crippen LogP contribution in [-0.4, -0.2) is 18.7 Å². The summed E-state index contributed by atoms with van der Waals surface area (Å²) < 4.78 is 5.76. The lowest BCUT2D eigenvalue weighted by molar-refractivity contribution is 0.303. The van der Waals surface area contributed by atoms with E-state index in [0.717, 1.165) is 18.7 Å². The molecule has 1 aliphatic rings. The van der Waals surface area contributed by atoms with E-state index in [-0.39, 0.29) is 0 Å².